The van der Waals surface area contributed by atoms with Gasteiger partial charge in [-0.3, -0.25) is 0 Å². The number of sulfonamides is 1. The second-order valence-corrected chi connectivity index (χ2v) is 7.22. The molecule has 0 spiro atoms. The first-order valence-corrected chi connectivity index (χ1v) is 9.21. The first-order valence-electron chi connectivity index (χ1n) is 7.73. The fourth-order valence-electron chi connectivity index (χ4n) is 2.52. The highest BCUT2D eigenvalue weighted by Crippen LogP contribution is 2.29. The van der Waals surface area contributed by atoms with E-state index in [1.165, 1.54) is 26.4 Å². The van der Waals surface area contributed by atoms with Gasteiger partial charge in [0.05, 0.1) is 25.2 Å². The van der Waals surface area contributed by atoms with Gasteiger partial charge in [0.25, 0.3) is 0 Å². The Morgan fingerprint density at radius 2 is 1.68 bits per heavy atom. The topological polar surface area (TPSA) is 73.9 Å². The monoisotopic (exact) mass is 365 g/mol. The zero-order valence-corrected chi connectivity index (χ0v) is 15.6. The maximum Gasteiger partial charge on any atom is 0.240 e. The van der Waals surface area contributed by atoms with Crippen molar-refractivity contribution < 1.29 is 22.6 Å². The van der Waals surface area contributed by atoms with Crippen molar-refractivity contribution in [1.29, 1.82) is 0 Å². The van der Waals surface area contributed by atoms with E-state index in [0.29, 0.717) is 11.5 Å². The molecule has 2 aromatic rings. The Morgan fingerprint density at radius 1 is 1.00 bits per heavy atom. The van der Waals surface area contributed by atoms with Crippen LogP contribution in [-0.2, 0) is 14.8 Å². The first-order chi connectivity index (χ1) is 11.9. The molecule has 6 nitrogen and oxygen atoms in total. The van der Waals surface area contributed by atoms with E-state index in [2.05, 4.69) is 4.72 Å². The number of rotatable bonds is 8. The number of ether oxygens (including phenoxy) is 3. The number of benzene rings is 2. The Bertz CT molecular complexity index is 820. The summed E-state index contributed by atoms with van der Waals surface area (Å²) < 4.78 is 43.5. The molecule has 0 aliphatic rings. The summed E-state index contributed by atoms with van der Waals surface area (Å²) in [6.07, 6.45) is -0.379. The second-order valence-electron chi connectivity index (χ2n) is 5.45. The Kier molecular flexibility index (Phi) is 6.41. The van der Waals surface area contributed by atoms with Gasteiger partial charge in [-0.15, -0.1) is 0 Å². The van der Waals surface area contributed by atoms with Crippen LogP contribution in [-0.4, -0.2) is 36.3 Å². The van der Waals surface area contributed by atoms with Gasteiger partial charge in [0.1, 0.15) is 0 Å². The quantitative estimate of drug-likeness (QED) is 0.779. The van der Waals surface area contributed by atoms with Crippen LogP contribution in [0.3, 0.4) is 0 Å². The van der Waals surface area contributed by atoms with Crippen molar-refractivity contribution in [3.05, 3.63) is 53.6 Å². The van der Waals surface area contributed by atoms with E-state index in [9.17, 15) is 8.42 Å². The van der Waals surface area contributed by atoms with Crippen molar-refractivity contribution in [2.24, 2.45) is 0 Å². The summed E-state index contributed by atoms with van der Waals surface area (Å²) in [6.45, 7) is 2.09. The second kappa shape index (κ2) is 8.33. The van der Waals surface area contributed by atoms with Crippen LogP contribution in [0.2, 0.25) is 0 Å². The van der Waals surface area contributed by atoms with Gasteiger partial charge in [0.2, 0.25) is 10.0 Å². The van der Waals surface area contributed by atoms with E-state index in [4.69, 9.17) is 14.2 Å². The molecule has 0 fully saturated rings. The third-order valence-electron chi connectivity index (χ3n) is 3.94. The Balaban J connectivity index is 2.19. The van der Waals surface area contributed by atoms with Crippen molar-refractivity contribution in [3.8, 4) is 11.5 Å². The lowest BCUT2D eigenvalue weighted by Crippen LogP contribution is -2.29. The molecule has 25 heavy (non-hydrogen) atoms. The number of nitrogens with one attached hydrogen (secondary N) is 1. The largest absolute Gasteiger partial charge is 0.493 e. The average Bonchev–Trinajstić information content (AvgIpc) is 2.62. The van der Waals surface area contributed by atoms with Gasteiger partial charge in [0, 0.05) is 19.7 Å². The zero-order valence-electron chi connectivity index (χ0n) is 14.8. The normalized spacial score (nSPS) is 12.6. The van der Waals surface area contributed by atoms with E-state index < -0.39 is 10.0 Å². The maximum absolute atomic E-state index is 12.6. The van der Waals surface area contributed by atoms with Crippen LogP contribution in [0.15, 0.2) is 47.4 Å². The number of aryl methyl sites for hydroxylation is 1. The molecule has 1 atom stereocenters. The van der Waals surface area contributed by atoms with E-state index in [0.717, 1.165) is 11.1 Å². The number of hydrogen-bond acceptors (Lipinski definition) is 5. The molecule has 0 radical (unpaired) electrons. The van der Waals surface area contributed by atoms with Crippen LogP contribution >= 0.6 is 0 Å². The molecule has 136 valence electrons. The van der Waals surface area contributed by atoms with Crippen molar-refractivity contribution in [2.45, 2.75) is 17.9 Å². The SMILES string of the molecule is COc1ccc(S(=O)(=O)NCC(OC)c2ccccc2C)cc1OC. The minimum Gasteiger partial charge on any atom is -0.493 e. The van der Waals surface area contributed by atoms with Gasteiger partial charge >= 0.3 is 0 Å². The third-order valence-corrected chi connectivity index (χ3v) is 5.37. The summed E-state index contributed by atoms with van der Waals surface area (Å²) in [4.78, 5) is 0.102. The summed E-state index contributed by atoms with van der Waals surface area (Å²) in [5, 5.41) is 0. The zero-order chi connectivity index (χ0) is 18.4. The lowest BCUT2D eigenvalue weighted by Gasteiger charge is -2.19. The molecule has 1 N–H and O–H groups in total. The van der Waals surface area contributed by atoms with E-state index >= 15 is 0 Å². The highest BCUT2D eigenvalue weighted by molar-refractivity contribution is 7.89. The van der Waals surface area contributed by atoms with E-state index in [-0.39, 0.29) is 17.5 Å². The molecule has 0 heterocycles. The van der Waals surface area contributed by atoms with Crippen molar-refractivity contribution in [1.82, 2.24) is 4.72 Å². The molecule has 0 aliphatic carbocycles. The van der Waals surface area contributed by atoms with Crippen LogP contribution in [0.1, 0.15) is 17.2 Å². The van der Waals surface area contributed by atoms with Crippen molar-refractivity contribution in [2.75, 3.05) is 27.9 Å². The number of hydrogen-bond donors (Lipinski definition) is 1. The Morgan fingerprint density at radius 3 is 2.28 bits per heavy atom. The van der Waals surface area contributed by atoms with Crippen LogP contribution in [0.4, 0.5) is 0 Å². The summed E-state index contributed by atoms with van der Waals surface area (Å²) in [6, 6.07) is 12.2. The number of methoxy groups -OCH3 is 3. The minimum absolute atomic E-state index is 0.102. The molecule has 0 amide bonds. The van der Waals surface area contributed by atoms with E-state index in [1.807, 2.05) is 31.2 Å². The van der Waals surface area contributed by atoms with Gasteiger partial charge in [-0.05, 0) is 30.2 Å². The van der Waals surface area contributed by atoms with Gasteiger partial charge in [-0.25, -0.2) is 13.1 Å². The molecule has 0 aliphatic heterocycles. The molecule has 7 heteroatoms. The van der Waals surface area contributed by atoms with Crippen LogP contribution in [0.25, 0.3) is 0 Å². The van der Waals surface area contributed by atoms with Crippen molar-refractivity contribution >= 4 is 10.0 Å². The lowest BCUT2D eigenvalue weighted by molar-refractivity contribution is 0.107. The van der Waals surface area contributed by atoms with Crippen molar-refractivity contribution in [3.63, 3.8) is 0 Å². The third kappa shape index (κ3) is 4.50. The molecule has 2 rings (SSSR count). The van der Waals surface area contributed by atoms with Crippen LogP contribution in [0, 0.1) is 6.92 Å². The molecule has 1 unspecified atom stereocenters. The van der Waals surface area contributed by atoms with Gasteiger partial charge in [-0.2, -0.15) is 0 Å². The molecule has 2 aromatic carbocycles. The fraction of sp³-hybridized carbons (Fsp3) is 0.333. The van der Waals surface area contributed by atoms with Gasteiger partial charge in [0.15, 0.2) is 11.5 Å². The minimum atomic E-state index is -3.71. The van der Waals surface area contributed by atoms with Gasteiger partial charge in [-0.1, -0.05) is 24.3 Å². The van der Waals surface area contributed by atoms with Gasteiger partial charge < -0.3 is 14.2 Å². The molecule has 0 aromatic heterocycles. The fourth-order valence-corrected chi connectivity index (χ4v) is 3.57. The molecule has 0 bridgehead atoms. The maximum atomic E-state index is 12.6. The average molecular weight is 365 g/mol. The standard InChI is InChI=1S/C18H23NO5S/c1-13-7-5-6-8-15(13)18(24-4)12-19-25(20,21)14-9-10-16(22-2)17(11-14)23-3/h5-11,18-19H,12H2,1-4H3. The summed E-state index contributed by atoms with van der Waals surface area (Å²) in [7, 11) is 0.803. The Labute approximate surface area is 148 Å². The smallest absolute Gasteiger partial charge is 0.240 e. The predicted molar refractivity (Wildman–Crippen MR) is 95.7 cm³/mol. The summed E-state index contributed by atoms with van der Waals surface area (Å²) in [5.41, 5.74) is 1.99. The van der Waals surface area contributed by atoms with Crippen LogP contribution < -0.4 is 14.2 Å². The molecular weight excluding hydrogens is 342 g/mol. The van der Waals surface area contributed by atoms with Crippen LogP contribution in [0.5, 0.6) is 11.5 Å². The predicted octanol–water partition coefficient (Wildman–Crippen LogP) is 2.68. The highest BCUT2D eigenvalue weighted by atomic mass is 32.2. The highest BCUT2D eigenvalue weighted by Gasteiger charge is 2.20. The van der Waals surface area contributed by atoms with E-state index in [1.54, 1.807) is 13.2 Å². The molecule has 0 saturated heterocycles. The summed E-state index contributed by atoms with van der Waals surface area (Å²) >= 11 is 0. The Hall–Kier alpha value is -2.09. The lowest BCUT2D eigenvalue weighted by atomic mass is 10.0. The molecular formula is C18H23NO5S. The molecule has 0 saturated carbocycles. The first kappa shape index (κ1) is 19.2. The summed E-state index contributed by atoms with van der Waals surface area (Å²) in [5.74, 6) is 0.823.